The van der Waals surface area contributed by atoms with Crippen LogP contribution in [-0.2, 0) is 22.5 Å². The molecule has 9 nitrogen and oxygen atoms in total. The smallest absolute Gasteiger partial charge is 0.252 e. The van der Waals surface area contributed by atoms with Gasteiger partial charge in [-0.2, -0.15) is 0 Å². The molecule has 5 rings (SSSR count). The molecule has 2 atom stereocenters. The summed E-state index contributed by atoms with van der Waals surface area (Å²) in [5.41, 5.74) is 12.2. The highest BCUT2D eigenvalue weighted by atomic mass is 16.5. The van der Waals surface area contributed by atoms with Gasteiger partial charge in [-0.05, 0) is 71.3 Å². The van der Waals surface area contributed by atoms with Gasteiger partial charge < -0.3 is 19.9 Å². The summed E-state index contributed by atoms with van der Waals surface area (Å²) in [6.07, 6.45) is 6.65. The van der Waals surface area contributed by atoms with E-state index in [1.807, 2.05) is 109 Å². The summed E-state index contributed by atoms with van der Waals surface area (Å²) in [6, 6.07) is 35.2. The van der Waals surface area contributed by atoms with E-state index >= 15 is 0 Å². The molecular weight excluding hydrogens is 602 g/mol. The Balaban J connectivity index is 1.48. The lowest BCUT2D eigenvalue weighted by atomic mass is 9.82. The fraction of sp³-hybridized carbons (Fsp3) is 0.282. The number of nitrogens with one attached hydrogen (secondary N) is 1. The van der Waals surface area contributed by atoms with Crippen LogP contribution in [0.5, 0.6) is 5.75 Å². The number of unbranched alkanes of at least 4 members (excludes halogenated alkanes) is 1. The van der Waals surface area contributed by atoms with Crippen molar-refractivity contribution in [2.45, 2.75) is 50.3 Å². The van der Waals surface area contributed by atoms with E-state index in [4.69, 9.17) is 25.1 Å². The molecule has 4 aromatic rings. The molecule has 0 unspecified atom stereocenters. The minimum atomic E-state index is -1.34. The number of aliphatic imine (C=N–C) groups is 1. The van der Waals surface area contributed by atoms with Crippen LogP contribution >= 0.6 is 0 Å². The number of aliphatic hydroxyl groups is 1. The highest BCUT2D eigenvalue weighted by Crippen LogP contribution is 2.44. The number of aryl methyl sites for hydroxylation is 1. The minimum Gasteiger partial charge on any atom is -0.494 e. The molecule has 9 heteroatoms. The van der Waals surface area contributed by atoms with Crippen LogP contribution in [0.15, 0.2) is 125 Å². The Kier molecular flexibility index (Phi) is 12.4. The zero-order valence-electron chi connectivity index (χ0n) is 26.9. The predicted octanol–water partition coefficient (Wildman–Crippen LogP) is 7.76. The van der Waals surface area contributed by atoms with Gasteiger partial charge in [0.2, 0.25) is 5.90 Å². The summed E-state index contributed by atoms with van der Waals surface area (Å²) in [7, 11) is 0. The van der Waals surface area contributed by atoms with Crippen LogP contribution in [0.3, 0.4) is 0 Å². The number of carbonyl (C=O) groups excluding carboxylic acids is 1. The predicted molar refractivity (Wildman–Crippen MR) is 189 cm³/mol. The Morgan fingerprint density at radius 2 is 1.69 bits per heavy atom. The largest absolute Gasteiger partial charge is 0.494 e. The Bertz CT molecular complexity index is 1720. The van der Waals surface area contributed by atoms with Crippen molar-refractivity contribution < 1.29 is 19.4 Å². The number of azide groups is 1. The lowest BCUT2D eigenvalue weighted by Gasteiger charge is -2.31. The summed E-state index contributed by atoms with van der Waals surface area (Å²) in [5, 5.41) is 16.1. The van der Waals surface area contributed by atoms with E-state index in [1.54, 1.807) is 0 Å². The van der Waals surface area contributed by atoms with Crippen molar-refractivity contribution in [1.82, 2.24) is 5.32 Å². The number of hydrogen-bond acceptors (Lipinski definition) is 6. The van der Waals surface area contributed by atoms with Gasteiger partial charge in [0.05, 0.1) is 13.2 Å². The number of rotatable bonds is 17. The SMILES string of the molecule is [N-]=[N+]=NCc1ccccc1[C@H]1OC(c2ccc(OCCCO)cc2)=N[C@@]1(C/C=C/c1ccccc1)C(=O)NCCCCc1ccccc1. The number of nitrogens with zero attached hydrogens (tertiary/aromatic N) is 4. The van der Waals surface area contributed by atoms with Crippen molar-refractivity contribution in [2.75, 3.05) is 19.8 Å². The van der Waals surface area contributed by atoms with Gasteiger partial charge in [-0.3, -0.25) is 4.79 Å². The highest BCUT2D eigenvalue weighted by molar-refractivity contribution is 6.01. The molecule has 0 bridgehead atoms. The van der Waals surface area contributed by atoms with E-state index in [0.717, 1.165) is 36.0 Å². The summed E-state index contributed by atoms with van der Waals surface area (Å²) in [4.78, 5) is 22.6. The molecule has 0 saturated carbocycles. The summed E-state index contributed by atoms with van der Waals surface area (Å²) >= 11 is 0. The molecular formula is C39H41N5O4. The monoisotopic (exact) mass is 643 g/mol. The molecule has 0 saturated heterocycles. The molecule has 0 spiro atoms. The summed E-state index contributed by atoms with van der Waals surface area (Å²) in [5.74, 6) is 0.766. The Hall–Kier alpha value is -5.37. The first-order valence-corrected chi connectivity index (χ1v) is 16.4. The van der Waals surface area contributed by atoms with Crippen LogP contribution in [0.4, 0.5) is 0 Å². The molecule has 1 aliphatic rings. The number of hydrogen-bond donors (Lipinski definition) is 2. The number of benzene rings is 4. The molecule has 0 fully saturated rings. The van der Waals surface area contributed by atoms with E-state index in [-0.39, 0.29) is 25.5 Å². The van der Waals surface area contributed by atoms with E-state index in [2.05, 4.69) is 27.5 Å². The quantitative estimate of drug-likeness (QED) is 0.0527. The summed E-state index contributed by atoms with van der Waals surface area (Å²) in [6.45, 7) is 1.06. The maximum Gasteiger partial charge on any atom is 0.252 e. The molecule has 2 N–H and O–H groups in total. The average Bonchev–Trinajstić information content (AvgIpc) is 3.52. The number of aliphatic hydroxyl groups excluding tert-OH is 1. The third kappa shape index (κ3) is 8.91. The van der Waals surface area contributed by atoms with Crippen LogP contribution in [0, 0.1) is 0 Å². The Labute approximate surface area is 281 Å². The number of amides is 1. The van der Waals surface area contributed by atoms with Gasteiger partial charge in [0.25, 0.3) is 5.91 Å². The molecule has 246 valence electrons. The standard InChI is InChI=1S/C39H41N5O4/c40-44-42-29-33-19-7-8-20-35(33)36-39(25-11-18-31-15-5-2-6-16-31,38(46)41-26-10-9-17-30-13-3-1-4-14-30)43-37(48-36)32-21-23-34(24-22-32)47-28-12-27-45/h1-8,11,13-16,18-24,36,45H,9-10,12,17,25-29H2,(H,41,46)/b18-11+/t36-,39-/m1/s1. The number of carbonyl (C=O) groups is 1. The third-order valence-electron chi connectivity index (χ3n) is 8.23. The Morgan fingerprint density at radius 1 is 0.958 bits per heavy atom. The second kappa shape index (κ2) is 17.5. The second-order valence-electron chi connectivity index (χ2n) is 11.6. The number of ether oxygens (including phenoxy) is 2. The van der Waals surface area contributed by atoms with Crippen molar-refractivity contribution in [3.05, 3.63) is 154 Å². The van der Waals surface area contributed by atoms with Gasteiger partial charge in [-0.1, -0.05) is 102 Å². The van der Waals surface area contributed by atoms with Gasteiger partial charge in [-0.15, -0.1) is 0 Å². The van der Waals surface area contributed by atoms with Gasteiger partial charge in [0, 0.05) is 36.5 Å². The van der Waals surface area contributed by atoms with Crippen molar-refractivity contribution in [1.29, 1.82) is 0 Å². The fourth-order valence-corrected chi connectivity index (χ4v) is 5.73. The van der Waals surface area contributed by atoms with E-state index in [1.165, 1.54) is 5.56 Å². The average molecular weight is 644 g/mol. The van der Waals surface area contributed by atoms with Crippen molar-refractivity contribution >= 4 is 17.9 Å². The first-order chi connectivity index (χ1) is 23.6. The minimum absolute atomic E-state index is 0.0567. The summed E-state index contributed by atoms with van der Waals surface area (Å²) < 4.78 is 12.4. The van der Waals surface area contributed by atoms with Crippen molar-refractivity contribution in [3.8, 4) is 5.75 Å². The Morgan fingerprint density at radius 3 is 2.44 bits per heavy atom. The van der Waals surface area contributed by atoms with E-state index in [9.17, 15) is 4.79 Å². The van der Waals surface area contributed by atoms with Crippen LogP contribution in [0.1, 0.15) is 59.6 Å². The molecule has 0 radical (unpaired) electrons. The van der Waals surface area contributed by atoms with Crippen LogP contribution < -0.4 is 10.1 Å². The molecule has 1 heterocycles. The van der Waals surface area contributed by atoms with Crippen LogP contribution in [-0.4, -0.2) is 42.2 Å². The zero-order valence-corrected chi connectivity index (χ0v) is 26.9. The third-order valence-corrected chi connectivity index (χ3v) is 8.23. The molecule has 0 aliphatic carbocycles. The lowest BCUT2D eigenvalue weighted by molar-refractivity contribution is -0.128. The normalized spacial score (nSPS) is 16.9. The highest BCUT2D eigenvalue weighted by Gasteiger charge is 2.53. The topological polar surface area (TPSA) is 129 Å². The van der Waals surface area contributed by atoms with E-state index in [0.29, 0.717) is 36.8 Å². The molecule has 48 heavy (non-hydrogen) atoms. The van der Waals surface area contributed by atoms with E-state index < -0.39 is 11.6 Å². The van der Waals surface area contributed by atoms with Crippen LogP contribution in [0.2, 0.25) is 0 Å². The first kappa shape index (κ1) is 34.0. The van der Waals surface area contributed by atoms with Crippen molar-refractivity contribution in [2.24, 2.45) is 10.1 Å². The van der Waals surface area contributed by atoms with Crippen LogP contribution in [0.25, 0.3) is 16.5 Å². The molecule has 0 aromatic heterocycles. The molecule has 1 aliphatic heterocycles. The second-order valence-corrected chi connectivity index (χ2v) is 11.6. The fourth-order valence-electron chi connectivity index (χ4n) is 5.73. The zero-order chi connectivity index (χ0) is 33.4. The molecule has 4 aromatic carbocycles. The lowest BCUT2D eigenvalue weighted by Crippen LogP contribution is -2.48. The maximum absolute atomic E-state index is 14.5. The van der Waals surface area contributed by atoms with Gasteiger partial charge in [0.15, 0.2) is 11.6 Å². The van der Waals surface area contributed by atoms with Crippen molar-refractivity contribution in [3.63, 3.8) is 0 Å². The van der Waals surface area contributed by atoms with Gasteiger partial charge in [0.1, 0.15) is 5.75 Å². The van der Waals surface area contributed by atoms with Gasteiger partial charge in [-0.25, -0.2) is 4.99 Å². The first-order valence-electron chi connectivity index (χ1n) is 16.4. The molecule has 1 amide bonds. The maximum atomic E-state index is 14.5. The van der Waals surface area contributed by atoms with Gasteiger partial charge >= 0.3 is 0 Å².